The average Bonchev–Trinajstić information content (AvgIpc) is 2.49. The van der Waals surface area contributed by atoms with Gasteiger partial charge < -0.3 is 15.3 Å². The molecule has 1 aromatic rings. The fourth-order valence-corrected chi connectivity index (χ4v) is 2.69. The topological polar surface area (TPSA) is 59.3 Å². The standard InChI is InChI=1S/C16H23N3O/c1-19-9-3-2-4-15(19)11-18-12-16(20)14-7-5-13(10-17)6-8-14/h5-8,15-16,18,20H,2-4,9,11-12H2,1H3. The van der Waals surface area contributed by atoms with Gasteiger partial charge in [0.05, 0.1) is 17.7 Å². The smallest absolute Gasteiger partial charge is 0.0991 e. The Balaban J connectivity index is 1.76. The summed E-state index contributed by atoms with van der Waals surface area (Å²) >= 11 is 0. The number of likely N-dealkylation sites (N-methyl/N-ethyl adjacent to an activating group) is 1. The van der Waals surface area contributed by atoms with Gasteiger partial charge in [0.2, 0.25) is 0 Å². The molecule has 2 atom stereocenters. The molecule has 1 saturated heterocycles. The van der Waals surface area contributed by atoms with Gasteiger partial charge in [0.25, 0.3) is 0 Å². The van der Waals surface area contributed by atoms with Crippen LogP contribution in [0.25, 0.3) is 0 Å². The molecular weight excluding hydrogens is 250 g/mol. The number of piperidine rings is 1. The Bertz CT molecular complexity index is 452. The van der Waals surface area contributed by atoms with E-state index in [2.05, 4.69) is 23.3 Å². The molecule has 2 N–H and O–H groups in total. The number of hydrogen-bond donors (Lipinski definition) is 2. The minimum Gasteiger partial charge on any atom is -0.387 e. The predicted molar refractivity (Wildman–Crippen MR) is 79.3 cm³/mol. The van der Waals surface area contributed by atoms with Gasteiger partial charge in [-0.25, -0.2) is 0 Å². The van der Waals surface area contributed by atoms with E-state index in [-0.39, 0.29) is 0 Å². The lowest BCUT2D eigenvalue weighted by atomic mass is 10.0. The van der Waals surface area contributed by atoms with E-state index in [1.807, 2.05) is 12.1 Å². The second-order valence-electron chi connectivity index (χ2n) is 5.54. The van der Waals surface area contributed by atoms with Crippen LogP contribution in [0.5, 0.6) is 0 Å². The molecule has 0 amide bonds. The fourth-order valence-electron chi connectivity index (χ4n) is 2.69. The van der Waals surface area contributed by atoms with Crippen molar-refractivity contribution in [2.45, 2.75) is 31.4 Å². The normalized spacial score (nSPS) is 21.4. The van der Waals surface area contributed by atoms with E-state index in [4.69, 9.17) is 5.26 Å². The number of nitriles is 1. The monoisotopic (exact) mass is 273 g/mol. The molecule has 2 rings (SSSR count). The summed E-state index contributed by atoms with van der Waals surface area (Å²) in [4.78, 5) is 2.39. The van der Waals surface area contributed by atoms with Crippen molar-refractivity contribution in [3.05, 3.63) is 35.4 Å². The van der Waals surface area contributed by atoms with Crippen LogP contribution in [-0.2, 0) is 0 Å². The highest BCUT2D eigenvalue weighted by molar-refractivity contribution is 5.32. The van der Waals surface area contributed by atoms with Gasteiger partial charge in [0.1, 0.15) is 0 Å². The van der Waals surface area contributed by atoms with Crippen LogP contribution in [0.1, 0.15) is 36.5 Å². The minimum absolute atomic E-state index is 0.517. The maximum absolute atomic E-state index is 10.1. The lowest BCUT2D eigenvalue weighted by Crippen LogP contribution is -2.43. The molecule has 2 unspecified atom stereocenters. The molecule has 20 heavy (non-hydrogen) atoms. The summed E-state index contributed by atoms with van der Waals surface area (Å²) < 4.78 is 0. The molecule has 0 spiro atoms. The first-order valence-electron chi connectivity index (χ1n) is 7.30. The molecule has 4 nitrogen and oxygen atoms in total. The van der Waals surface area contributed by atoms with Gasteiger partial charge in [-0.1, -0.05) is 18.6 Å². The van der Waals surface area contributed by atoms with Crippen molar-refractivity contribution in [1.29, 1.82) is 5.26 Å². The van der Waals surface area contributed by atoms with Crippen molar-refractivity contribution in [1.82, 2.24) is 10.2 Å². The molecule has 1 heterocycles. The average molecular weight is 273 g/mol. The number of hydrogen-bond acceptors (Lipinski definition) is 4. The van der Waals surface area contributed by atoms with Crippen molar-refractivity contribution in [3.8, 4) is 6.07 Å². The fraction of sp³-hybridized carbons (Fsp3) is 0.562. The van der Waals surface area contributed by atoms with Gasteiger partial charge in [-0.05, 0) is 44.1 Å². The largest absolute Gasteiger partial charge is 0.387 e. The number of rotatable bonds is 5. The summed E-state index contributed by atoms with van der Waals surface area (Å²) in [5, 5.41) is 22.2. The third kappa shape index (κ3) is 4.04. The molecule has 0 aromatic heterocycles. The Morgan fingerprint density at radius 2 is 2.15 bits per heavy atom. The maximum Gasteiger partial charge on any atom is 0.0991 e. The van der Waals surface area contributed by atoms with Crippen LogP contribution in [-0.4, -0.2) is 42.7 Å². The Labute approximate surface area is 121 Å². The zero-order valence-corrected chi connectivity index (χ0v) is 12.0. The van der Waals surface area contributed by atoms with Crippen molar-refractivity contribution >= 4 is 0 Å². The molecule has 4 heteroatoms. The lowest BCUT2D eigenvalue weighted by Gasteiger charge is -2.32. The van der Waals surface area contributed by atoms with Crippen molar-refractivity contribution in [3.63, 3.8) is 0 Å². The number of nitrogens with zero attached hydrogens (tertiary/aromatic N) is 2. The second kappa shape index (κ2) is 7.39. The van der Waals surface area contributed by atoms with Crippen molar-refractivity contribution in [2.75, 3.05) is 26.7 Å². The van der Waals surface area contributed by atoms with Gasteiger partial charge >= 0.3 is 0 Å². The van der Waals surface area contributed by atoms with Gasteiger partial charge in [-0.2, -0.15) is 5.26 Å². The first-order chi connectivity index (χ1) is 9.70. The van der Waals surface area contributed by atoms with E-state index < -0.39 is 6.10 Å². The van der Waals surface area contributed by atoms with Gasteiger partial charge in [-0.3, -0.25) is 0 Å². The van der Waals surface area contributed by atoms with E-state index in [1.165, 1.54) is 25.8 Å². The highest BCUT2D eigenvalue weighted by Crippen LogP contribution is 2.15. The molecule has 0 aliphatic carbocycles. The molecule has 0 radical (unpaired) electrons. The van der Waals surface area contributed by atoms with Crippen LogP contribution in [0, 0.1) is 11.3 Å². The van der Waals surface area contributed by atoms with Crippen LogP contribution < -0.4 is 5.32 Å². The Hall–Kier alpha value is -1.41. The number of benzene rings is 1. The molecule has 0 saturated carbocycles. The van der Waals surface area contributed by atoms with Crippen LogP contribution in [0.2, 0.25) is 0 Å². The molecule has 0 bridgehead atoms. The third-order valence-corrected chi connectivity index (χ3v) is 4.06. The quantitative estimate of drug-likeness (QED) is 0.856. The Morgan fingerprint density at radius 1 is 1.40 bits per heavy atom. The van der Waals surface area contributed by atoms with Crippen LogP contribution >= 0.6 is 0 Å². The van der Waals surface area contributed by atoms with Crippen LogP contribution in [0.15, 0.2) is 24.3 Å². The number of nitrogens with one attached hydrogen (secondary N) is 1. The highest BCUT2D eigenvalue weighted by Gasteiger charge is 2.18. The lowest BCUT2D eigenvalue weighted by molar-refractivity contribution is 0.153. The summed E-state index contributed by atoms with van der Waals surface area (Å²) in [5.74, 6) is 0. The summed E-state index contributed by atoms with van der Waals surface area (Å²) in [6.45, 7) is 2.64. The van der Waals surface area contributed by atoms with E-state index >= 15 is 0 Å². The molecular formula is C16H23N3O. The SMILES string of the molecule is CN1CCCCC1CNCC(O)c1ccc(C#N)cc1. The maximum atomic E-state index is 10.1. The van der Waals surface area contributed by atoms with Crippen molar-refractivity contribution in [2.24, 2.45) is 0 Å². The van der Waals surface area contributed by atoms with Gasteiger partial charge in [0.15, 0.2) is 0 Å². The summed E-state index contributed by atoms with van der Waals surface area (Å²) in [5.41, 5.74) is 1.48. The Morgan fingerprint density at radius 3 is 2.80 bits per heavy atom. The second-order valence-corrected chi connectivity index (χ2v) is 5.54. The summed E-state index contributed by atoms with van der Waals surface area (Å²) in [6.07, 6.45) is 3.31. The van der Waals surface area contributed by atoms with E-state index in [0.29, 0.717) is 18.2 Å². The zero-order valence-electron chi connectivity index (χ0n) is 12.0. The molecule has 1 aromatic carbocycles. The number of aliphatic hydroxyl groups is 1. The molecule has 1 aliphatic rings. The number of likely N-dealkylation sites (tertiary alicyclic amines) is 1. The number of aliphatic hydroxyl groups excluding tert-OH is 1. The Kier molecular flexibility index (Phi) is 5.54. The third-order valence-electron chi connectivity index (χ3n) is 4.06. The first-order valence-corrected chi connectivity index (χ1v) is 7.30. The summed E-state index contributed by atoms with van der Waals surface area (Å²) in [7, 11) is 2.17. The summed E-state index contributed by atoms with van der Waals surface area (Å²) in [6, 6.07) is 9.78. The first kappa shape index (κ1) is 15.0. The zero-order chi connectivity index (χ0) is 14.4. The molecule has 1 aliphatic heterocycles. The molecule has 108 valence electrons. The van der Waals surface area contributed by atoms with E-state index in [1.54, 1.807) is 12.1 Å². The molecule has 1 fully saturated rings. The highest BCUT2D eigenvalue weighted by atomic mass is 16.3. The van der Waals surface area contributed by atoms with Crippen LogP contribution in [0.3, 0.4) is 0 Å². The van der Waals surface area contributed by atoms with Gasteiger partial charge in [0, 0.05) is 19.1 Å². The van der Waals surface area contributed by atoms with E-state index in [9.17, 15) is 5.11 Å². The van der Waals surface area contributed by atoms with Gasteiger partial charge in [-0.15, -0.1) is 0 Å². The predicted octanol–water partition coefficient (Wildman–Crippen LogP) is 1.67. The van der Waals surface area contributed by atoms with E-state index in [0.717, 1.165) is 12.1 Å². The van der Waals surface area contributed by atoms with Crippen molar-refractivity contribution < 1.29 is 5.11 Å². The van der Waals surface area contributed by atoms with Crippen LogP contribution in [0.4, 0.5) is 0 Å². The minimum atomic E-state index is -0.517.